The SMILES string of the molecule is CC(C)(C)OC(=O)C1=CC=C(C#N)CC1. The van der Waals surface area contributed by atoms with Gasteiger partial charge in [-0.3, -0.25) is 0 Å². The highest BCUT2D eigenvalue weighted by molar-refractivity contribution is 5.89. The highest BCUT2D eigenvalue weighted by Gasteiger charge is 2.20. The second-order valence-corrected chi connectivity index (χ2v) is 4.50. The minimum Gasteiger partial charge on any atom is -0.457 e. The second-order valence-electron chi connectivity index (χ2n) is 4.50. The monoisotopic (exact) mass is 205 g/mol. The molecule has 0 radical (unpaired) electrons. The number of ether oxygens (including phenoxy) is 1. The minimum absolute atomic E-state index is 0.282. The van der Waals surface area contributed by atoms with Crippen LogP contribution in [-0.2, 0) is 9.53 Å². The molecule has 0 heterocycles. The fraction of sp³-hybridized carbons (Fsp3) is 0.500. The Balaban J connectivity index is 2.68. The Morgan fingerprint density at radius 2 is 2.07 bits per heavy atom. The van der Waals surface area contributed by atoms with Gasteiger partial charge in [-0.05, 0) is 39.7 Å². The van der Waals surface area contributed by atoms with Crippen LogP contribution in [0.4, 0.5) is 0 Å². The van der Waals surface area contributed by atoms with Gasteiger partial charge in [-0.25, -0.2) is 4.79 Å². The molecule has 1 rings (SSSR count). The summed E-state index contributed by atoms with van der Waals surface area (Å²) in [7, 11) is 0. The number of carbonyl (C=O) groups excluding carboxylic acids is 1. The van der Waals surface area contributed by atoms with Crippen LogP contribution in [0.2, 0.25) is 0 Å². The molecule has 3 nitrogen and oxygen atoms in total. The van der Waals surface area contributed by atoms with E-state index in [1.807, 2.05) is 20.8 Å². The number of carbonyl (C=O) groups is 1. The van der Waals surface area contributed by atoms with Crippen molar-refractivity contribution in [3.05, 3.63) is 23.3 Å². The van der Waals surface area contributed by atoms with Crippen LogP contribution in [0.15, 0.2) is 23.3 Å². The Labute approximate surface area is 90.0 Å². The van der Waals surface area contributed by atoms with Gasteiger partial charge in [-0.2, -0.15) is 5.26 Å². The molecular formula is C12H15NO2. The average molecular weight is 205 g/mol. The number of hydrogen-bond donors (Lipinski definition) is 0. The van der Waals surface area contributed by atoms with Gasteiger partial charge in [0.1, 0.15) is 5.60 Å². The van der Waals surface area contributed by atoms with Crippen LogP contribution in [0.25, 0.3) is 0 Å². The van der Waals surface area contributed by atoms with Crippen molar-refractivity contribution in [2.45, 2.75) is 39.2 Å². The van der Waals surface area contributed by atoms with E-state index in [0.717, 1.165) is 0 Å². The second kappa shape index (κ2) is 4.31. The van der Waals surface area contributed by atoms with Crippen LogP contribution < -0.4 is 0 Å². The molecular weight excluding hydrogens is 190 g/mol. The van der Waals surface area contributed by atoms with Crippen molar-refractivity contribution in [1.29, 1.82) is 5.26 Å². The summed E-state index contributed by atoms with van der Waals surface area (Å²) in [5, 5.41) is 8.64. The molecule has 0 amide bonds. The van der Waals surface area contributed by atoms with E-state index in [0.29, 0.717) is 24.0 Å². The van der Waals surface area contributed by atoms with Gasteiger partial charge in [0.05, 0.1) is 6.07 Å². The van der Waals surface area contributed by atoms with E-state index < -0.39 is 5.60 Å². The van der Waals surface area contributed by atoms with Gasteiger partial charge in [0.25, 0.3) is 0 Å². The van der Waals surface area contributed by atoms with Crippen molar-refractivity contribution in [2.75, 3.05) is 0 Å². The van der Waals surface area contributed by atoms with Crippen LogP contribution in [0.5, 0.6) is 0 Å². The third-order valence-corrected chi connectivity index (χ3v) is 1.95. The predicted molar refractivity (Wildman–Crippen MR) is 56.9 cm³/mol. The first-order valence-electron chi connectivity index (χ1n) is 4.95. The summed E-state index contributed by atoms with van der Waals surface area (Å²) < 4.78 is 5.23. The normalized spacial score (nSPS) is 16.1. The number of allylic oxidation sites excluding steroid dienone is 3. The maximum absolute atomic E-state index is 11.6. The summed E-state index contributed by atoms with van der Waals surface area (Å²) in [6, 6.07) is 2.08. The lowest BCUT2D eigenvalue weighted by atomic mass is 9.99. The molecule has 0 aliphatic heterocycles. The third kappa shape index (κ3) is 3.59. The van der Waals surface area contributed by atoms with Crippen LogP contribution in [0.3, 0.4) is 0 Å². The van der Waals surface area contributed by atoms with E-state index in [4.69, 9.17) is 10.00 Å². The highest BCUT2D eigenvalue weighted by atomic mass is 16.6. The largest absolute Gasteiger partial charge is 0.457 e. The third-order valence-electron chi connectivity index (χ3n) is 1.95. The zero-order chi connectivity index (χ0) is 11.5. The standard InChI is InChI=1S/C12H15NO2/c1-12(2,3)15-11(14)10-6-4-9(8-13)5-7-10/h4,6H,5,7H2,1-3H3. The number of hydrogen-bond acceptors (Lipinski definition) is 3. The summed E-state index contributed by atoms with van der Waals surface area (Å²) in [5.41, 5.74) is 0.892. The molecule has 0 saturated carbocycles. The van der Waals surface area contributed by atoms with E-state index in [9.17, 15) is 4.79 Å². The Morgan fingerprint density at radius 3 is 2.47 bits per heavy atom. The van der Waals surface area contributed by atoms with Gasteiger partial charge < -0.3 is 4.74 Å². The average Bonchev–Trinajstić information content (AvgIpc) is 2.15. The summed E-state index contributed by atoms with van der Waals surface area (Å²) in [6.07, 6.45) is 4.58. The van der Waals surface area contributed by atoms with Crippen molar-refractivity contribution >= 4 is 5.97 Å². The van der Waals surface area contributed by atoms with Crippen molar-refractivity contribution < 1.29 is 9.53 Å². The summed E-state index contributed by atoms with van der Waals surface area (Å²) in [4.78, 5) is 11.6. The van der Waals surface area contributed by atoms with Crippen LogP contribution in [0.1, 0.15) is 33.6 Å². The predicted octanol–water partition coefficient (Wildman–Crippen LogP) is 2.50. The molecule has 0 N–H and O–H groups in total. The maximum atomic E-state index is 11.6. The molecule has 0 saturated heterocycles. The molecule has 0 aromatic carbocycles. The number of nitriles is 1. The van der Waals surface area contributed by atoms with E-state index >= 15 is 0 Å². The molecule has 1 aliphatic carbocycles. The van der Waals surface area contributed by atoms with Crippen molar-refractivity contribution in [1.82, 2.24) is 0 Å². The summed E-state index contributed by atoms with van der Waals surface area (Å²) in [5.74, 6) is -0.282. The molecule has 0 spiro atoms. The van der Waals surface area contributed by atoms with Crippen LogP contribution in [-0.4, -0.2) is 11.6 Å². The smallest absolute Gasteiger partial charge is 0.334 e. The summed E-state index contributed by atoms with van der Waals surface area (Å²) >= 11 is 0. The molecule has 1 aliphatic rings. The van der Waals surface area contributed by atoms with Crippen molar-refractivity contribution in [2.24, 2.45) is 0 Å². The van der Waals surface area contributed by atoms with Gasteiger partial charge >= 0.3 is 5.97 Å². The number of esters is 1. The Morgan fingerprint density at radius 1 is 1.40 bits per heavy atom. The molecule has 0 bridgehead atoms. The van der Waals surface area contributed by atoms with Gasteiger partial charge in [-0.15, -0.1) is 0 Å². The van der Waals surface area contributed by atoms with Gasteiger partial charge in [0, 0.05) is 11.1 Å². The zero-order valence-electron chi connectivity index (χ0n) is 9.33. The molecule has 0 aromatic rings. The topological polar surface area (TPSA) is 50.1 Å². The lowest BCUT2D eigenvalue weighted by molar-refractivity contribution is -0.150. The van der Waals surface area contributed by atoms with Crippen molar-refractivity contribution in [3.8, 4) is 6.07 Å². The first-order valence-corrected chi connectivity index (χ1v) is 4.95. The lowest BCUT2D eigenvalue weighted by Crippen LogP contribution is -2.25. The quantitative estimate of drug-likeness (QED) is 0.618. The first kappa shape index (κ1) is 11.5. The molecule has 0 unspecified atom stereocenters. The maximum Gasteiger partial charge on any atom is 0.334 e. The van der Waals surface area contributed by atoms with E-state index in [1.54, 1.807) is 12.2 Å². The van der Waals surface area contributed by atoms with E-state index in [-0.39, 0.29) is 5.97 Å². The first-order chi connectivity index (χ1) is 6.92. The molecule has 0 fully saturated rings. The van der Waals surface area contributed by atoms with Gasteiger partial charge in [-0.1, -0.05) is 6.08 Å². The Kier molecular flexibility index (Phi) is 3.31. The van der Waals surface area contributed by atoms with Crippen LogP contribution >= 0.6 is 0 Å². The van der Waals surface area contributed by atoms with Crippen LogP contribution in [0, 0.1) is 11.3 Å². The fourth-order valence-corrected chi connectivity index (χ4v) is 1.24. The molecule has 0 atom stereocenters. The van der Waals surface area contributed by atoms with Crippen molar-refractivity contribution in [3.63, 3.8) is 0 Å². The van der Waals surface area contributed by atoms with E-state index in [1.165, 1.54) is 0 Å². The number of rotatable bonds is 1. The van der Waals surface area contributed by atoms with Gasteiger partial charge in [0.15, 0.2) is 0 Å². The minimum atomic E-state index is -0.461. The Hall–Kier alpha value is -1.56. The molecule has 15 heavy (non-hydrogen) atoms. The Bertz CT molecular complexity index is 364. The molecule has 3 heteroatoms. The molecule has 80 valence electrons. The molecule has 0 aromatic heterocycles. The summed E-state index contributed by atoms with van der Waals surface area (Å²) in [6.45, 7) is 5.51. The van der Waals surface area contributed by atoms with Gasteiger partial charge in [0.2, 0.25) is 0 Å². The fourth-order valence-electron chi connectivity index (χ4n) is 1.24. The lowest BCUT2D eigenvalue weighted by Gasteiger charge is -2.21. The number of nitrogens with zero attached hydrogens (tertiary/aromatic N) is 1. The zero-order valence-corrected chi connectivity index (χ0v) is 9.33. The van der Waals surface area contributed by atoms with E-state index in [2.05, 4.69) is 6.07 Å². The highest BCUT2D eigenvalue weighted by Crippen LogP contribution is 2.20.